The van der Waals surface area contributed by atoms with Gasteiger partial charge in [-0.15, -0.1) is 5.10 Å². The van der Waals surface area contributed by atoms with Crippen LogP contribution in [0.1, 0.15) is 64.6 Å². The van der Waals surface area contributed by atoms with Crippen molar-refractivity contribution in [3.05, 3.63) is 90.1 Å². The number of nitrogens with one attached hydrogen (secondary N) is 1. The second kappa shape index (κ2) is 9.83. The zero-order valence-corrected chi connectivity index (χ0v) is 22.8. The molecule has 2 unspecified atom stereocenters. The standard InChI is InChI=1S/C32H28N8O2/c41-27-12-14-33-31-28(27)29(21-15-22-9-10-23(16-21)39(22)32(42)26-7-4-13-35-38-26)37-30-24(18-36-40(30)31)20-8-11-25(34-17-20)19-5-2-1-3-6-19/h1-8,11,13,17-18,21-23,33H,9-10,12,14-16H2. The Hall–Kier alpha value is -4.99. The number of carbonyl (C=O) groups excluding carboxylic acids is 2. The summed E-state index contributed by atoms with van der Waals surface area (Å²) >= 11 is 0. The summed E-state index contributed by atoms with van der Waals surface area (Å²) in [4.78, 5) is 38.6. The van der Waals surface area contributed by atoms with E-state index in [2.05, 4.69) is 20.6 Å². The molecule has 0 radical (unpaired) electrons. The Morgan fingerprint density at radius 1 is 0.929 bits per heavy atom. The van der Waals surface area contributed by atoms with Crippen LogP contribution in [0.3, 0.4) is 0 Å². The molecule has 4 aromatic heterocycles. The highest BCUT2D eigenvalue weighted by Gasteiger charge is 2.46. The summed E-state index contributed by atoms with van der Waals surface area (Å²) in [7, 11) is 0. The van der Waals surface area contributed by atoms with E-state index in [1.807, 2.05) is 53.6 Å². The van der Waals surface area contributed by atoms with E-state index in [1.165, 1.54) is 0 Å². The van der Waals surface area contributed by atoms with Crippen LogP contribution in [0.15, 0.2) is 73.2 Å². The maximum absolute atomic E-state index is 13.4. The van der Waals surface area contributed by atoms with Crippen molar-refractivity contribution in [2.45, 2.75) is 50.1 Å². The summed E-state index contributed by atoms with van der Waals surface area (Å²) in [6, 6.07) is 17.7. The van der Waals surface area contributed by atoms with Gasteiger partial charge in [-0.2, -0.15) is 14.7 Å². The van der Waals surface area contributed by atoms with E-state index in [1.54, 1.807) is 29.0 Å². The summed E-state index contributed by atoms with van der Waals surface area (Å²) in [5.41, 5.74) is 6.25. The highest BCUT2D eigenvalue weighted by molar-refractivity contribution is 6.04. The number of benzene rings is 1. The zero-order valence-electron chi connectivity index (χ0n) is 22.8. The molecule has 0 saturated carbocycles. The lowest BCUT2D eigenvalue weighted by Gasteiger charge is -2.39. The number of anilines is 1. The van der Waals surface area contributed by atoms with Gasteiger partial charge in [0.2, 0.25) is 0 Å². The highest BCUT2D eigenvalue weighted by atomic mass is 16.2. The topological polar surface area (TPSA) is 118 Å². The van der Waals surface area contributed by atoms with Crippen LogP contribution < -0.4 is 5.32 Å². The number of carbonyl (C=O) groups is 2. The molecule has 7 heterocycles. The van der Waals surface area contributed by atoms with Crippen molar-refractivity contribution in [1.82, 2.24) is 34.7 Å². The van der Waals surface area contributed by atoms with E-state index in [0.29, 0.717) is 35.7 Å². The van der Waals surface area contributed by atoms with E-state index in [-0.39, 0.29) is 29.7 Å². The van der Waals surface area contributed by atoms with E-state index in [0.717, 1.165) is 53.8 Å². The van der Waals surface area contributed by atoms with Gasteiger partial charge >= 0.3 is 0 Å². The molecular weight excluding hydrogens is 528 g/mol. The van der Waals surface area contributed by atoms with Crippen molar-refractivity contribution in [1.29, 1.82) is 0 Å². The van der Waals surface area contributed by atoms with Crippen LogP contribution >= 0.6 is 0 Å². The molecule has 10 heteroatoms. The molecule has 3 aliphatic heterocycles. The third-order valence-corrected chi connectivity index (χ3v) is 8.89. The fourth-order valence-corrected chi connectivity index (χ4v) is 6.98. The van der Waals surface area contributed by atoms with Crippen LogP contribution in [0.2, 0.25) is 0 Å². The predicted molar refractivity (Wildman–Crippen MR) is 156 cm³/mol. The largest absolute Gasteiger partial charge is 0.369 e. The lowest BCUT2D eigenvalue weighted by molar-refractivity contribution is 0.0561. The molecule has 0 aliphatic carbocycles. The minimum atomic E-state index is -0.0678. The van der Waals surface area contributed by atoms with Gasteiger partial charge in [0, 0.05) is 60.1 Å². The van der Waals surface area contributed by atoms with Gasteiger partial charge in [-0.1, -0.05) is 36.4 Å². The summed E-state index contributed by atoms with van der Waals surface area (Å²) in [5, 5.41) is 16.1. The molecule has 2 saturated heterocycles. The average molecular weight is 557 g/mol. The molecule has 8 rings (SSSR count). The Morgan fingerprint density at radius 2 is 1.76 bits per heavy atom. The van der Waals surface area contributed by atoms with Crippen LogP contribution in [0.5, 0.6) is 0 Å². The first-order chi connectivity index (χ1) is 20.7. The Kier molecular flexibility index (Phi) is 5.80. The predicted octanol–water partition coefficient (Wildman–Crippen LogP) is 4.80. The first kappa shape index (κ1) is 24.8. The monoisotopic (exact) mass is 556 g/mol. The van der Waals surface area contributed by atoms with Crippen molar-refractivity contribution in [2.24, 2.45) is 0 Å². The maximum atomic E-state index is 13.4. The maximum Gasteiger partial charge on any atom is 0.274 e. The van der Waals surface area contributed by atoms with Crippen LogP contribution in [0.4, 0.5) is 5.82 Å². The second-order valence-electron chi connectivity index (χ2n) is 11.3. The molecule has 42 heavy (non-hydrogen) atoms. The van der Waals surface area contributed by atoms with Gasteiger partial charge in [0.1, 0.15) is 5.82 Å². The van der Waals surface area contributed by atoms with Gasteiger partial charge in [0.25, 0.3) is 5.91 Å². The molecule has 208 valence electrons. The molecule has 10 nitrogen and oxygen atoms in total. The number of hydrogen-bond donors (Lipinski definition) is 1. The number of nitrogens with zero attached hydrogens (tertiary/aromatic N) is 7. The summed E-state index contributed by atoms with van der Waals surface area (Å²) in [5.74, 6) is 0.778. The number of rotatable bonds is 4. The third-order valence-electron chi connectivity index (χ3n) is 8.89. The Bertz CT molecular complexity index is 1810. The van der Waals surface area contributed by atoms with Crippen LogP contribution in [-0.4, -0.2) is 65.0 Å². The Labute approximate surface area is 241 Å². The summed E-state index contributed by atoms with van der Waals surface area (Å²) in [6.45, 7) is 0.559. The van der Waals surface area contributed by atoms with Gasteiger partial charge in [0.15, 0.2) is 17.1 Å². The minimum Gasteiger partial charge on any atom is -0.369 e. The Balaban J connectivity index is 1.18. The average Bonchev–Trinajstić information content (AvgIpc) is 3.59. The molecule has 2 fully saturated rings. The normalized spacial score (nSPS) is 21.3. The van der Waals surface area contributed by atoms with Crippen molar-refractivity contribution in [2.75, 3.05) is 11.9 Å². The summed E-state index contributed by atoms with van der Waals surface area (Å²) in [6.07, 6.45) is 9.02. The third kappa shape index (κ3) is 3.97. The number of aromatic nitrogens is 6. The smallest absolute Gasteiger partial charge is 0.274 e. The molecule has 1 amide bonds. The molecule has 1 aromatic carbocycles. The first-order valence-corrected chi connectivity index (χ1v) is 14.5. The number of Topliss-reactive ketones (excluding diaryl/α,β-unsaturated/α-hetero) is 1. The van der Waals surface area contributed by atoms with Crippen molar-refractivity contribution < 1.29 is 9.59 Å². The molecule has 2 bridgehead atoms. The number of piperidine rings is 1. The van der Waals surface area contributed by atoms with Gasteiger partial charge in [-0.3, -0.25) is 14.6 Å². The molecule has 2 atom stereocenters. The lowest BCUT2D eigenvalue weighted by atomic mass is 9.84. The zero-order chi connectivity index (χ0) is 28.2. The minimum absolute atomic E-state index is 0.0531. The molecule has 5 aromatic rings. The fourth-order valence-electron chi connectivity index (χ4n) is 6.98. The lowest BCUT2D eigenvalue weighted by Crippen LogP contribution is -2.46. The van der Waals surface area contributed by atoms with Crippen LogP contribution in [0, 0.1) is 0 Å². The van der Waals surface area contributed by atoms with Crippen LogP contribution in [0.25, 0.3) is 28.0 Å². The van der Waals surface area contributed by atoms with Gasteiger partial charge in [-0.05, 0) is 43.9 Å². The number of fused-ring (bicyclic) bond motifs is 5. The molecular formula is C32H28N8O2. The van der Waals surface area contributed by atoms with Gasteiger partial charge in [-0.25, -0.2) is 4.98 Å². The molecule has 1 N–H and O–H groups in total. The van der Waals surface area contributed by atoms with Gasteiger partial charge in [0.05, 0.1) is 23.1 Å². The quantitative estimate of drug-likeness (QED) is 0.336. The second-order valence-corrected chi connectivity index (χ2v) is 11.3. The Morgan fingerprint density at radius 3 is 2.50 bits per heavy atom. The fraction of sp³-hybridized carbons (Fsp3) is 0.281. The van der Waals surface area contributed by atoms with Crippen molar-refractivity contribution in [3.8, 4) is 22.4 Å². The SMILES string of the molecule is O=C1CCNc2c1c(C1CC3CCC(C1)N3C(=O)c1cccnn1)nc1c(-c3ccc(-c4ccccc4)nc3)cnn21. The number of hydrogen-bond acceptors (Lipinski definition) is 8. The van der Waals surface area contributed by atoms with Crippen LogP contribution in [-0.2, 0) is 0 Å². The van der Waals surface area contributed by atoms with E-state index >= 15 is 0 Å². The highest BCUT2D eigenvalue weighted by Crippen LogP contribution is 2.45. The summed E-state index contributed by atoms with van der Waals surface area (Å²) < 4.78 is 1.76. The molecule has 0 spiro atoms. The number of pyridine rings is 1. The van der Waals surface area contributed by atoms with Crippen molar-refractivity contribution >= 4 is 23.2 Å². The van der Waals surface area contributed by atoms with E-state index in [4.69, 9.17) is 9.97 Å². The number of amides is 1. The van der Waals surface area contributed by atoms with E-state index in [9.17, 15) is 9.59 Å². The number of ketones is 1. The van der Waals surface area contributed by atoms with Crippen molar-refractivity contribution in [3.63, 3.8) is 0 Å². The molecule has 3 aliphatic rings. The van der Waals surface area contributed by atoms with Gasteiger partial charge < -0.3 is 10.2 Å². The first-order valence-electron chi connectivity index (χ1n) is 14.5. The van der Waals surface area contributed by atoms with E-state index < -0.39 is 0 Å².